The molecule has 1 aliphatic carbocycles. The average Bonchev–Trinajstić information content (AvgIpc) is 2.86. The van der Waals surface area contributed by atoms with E-state index in [4.69, 9.17) is 5.73 Å². The zero-order valence-corrected chi connectivity index (χ0v) is 13.1. The van der Waals surface area contributed by atoms with Crippen LogP contribution in [0.4, 0.5) is 10.9 Å². The number of nitrogens with two attached hydrogens (primary N) is 1. The van der Waals surface area contributed by atoms with Crippen molar-refractivity contribution < 1.29 is 4.79 Å². The minimum atomic E-state index is -0.0980. The Bertz CT molecular complexity index is 452. The highest BCUT2D eigenvalue weighted by atomic mass is 32.1. The molecule has 1 heterocycles. The van der Waals surface area contributed by atoms with Crippen molar-refractivity contribution in [2.24, 2.45) is 11.8 Å². The summed E-state index contributed by atoms with van der Waals surface area (Å²) in [6.45, 7) is 3.01. The van der Waals surface area contributed by atoms with Crippen molar-refractivity contribution in [2.75, 3.05) is 24.6 Å². The monoisotopic (exact) mass is 296 g/mol. The average molecular weight is 296 g/mol. The number of carbonyl (C=O) groups excluding carboxylic acids is 1. The fraction of sp³-hybridized carbons (Fsp3) is 0.714. The first-order chi connectivity index (χ1) is 9.63. The second kappa shape index (κ2) is 6.92. The molecule has 0 bridgehead atoms. The van der Waals surface area contributed by atoms with Crippen molar-refractivity contribution >= 4 is 28.2 Å². The van der Waals surface area contributed by atoms with Gasteiger partial charge in [-0.1, -0.05) is 37.5 Å². The third-order valence-electron chi connectivity index (χ3n) is 4.17. The number of hydrogen-bond acceptors (Lipinski definition) is 5. The van der Waals surface area contributed by atoms with E-state index in [0.717, 1.165) is 12.5 Å². The van der Waals surface area contributed by atoms with Crippen molar-refractivity contribution in [3.63, 3.8) is 0 Å². The SMILES string of the molecule is CCC1CCC(CNC(=O)c2sc(NC)nc2N)CC1. The van der Waals surface area contributed by atoms with E-state index in [1.165, 1.54) is 43.4 Å². The number of nitrogens with one attached hydrogen (secondary N) is 2. The van der Waals surface area contributed by atoms with Crippen molar-refractivity contribution in [3.05, 3.63) is 4.88 Å². The van der Waals surface area contributed by atoms with Crippen LogP contribution in [0.25, 0.3) is 0 Å². The molecule has 112 valence electrons. The van der Waals surface area contributed by atoms with Gasteiger partial charge in [-0.3, -0.25) is 4.79 Å². The highest BCUT2D eigenvalue weighted by Gasteiger charge is 2.21. The summed E-state index contributed by atoms with van der Waals surface area (Å²) in [7, 11) is 1.77. The lowest BCUT2D eigenvalue weighted by Crippen LogP contribution is -2.31. The Morgan fingerprint density at radius 3 is 2.55 bits per heavy atom. The number of aromatic nitrogens is 1. The van der Waals surface area contributed by atoms with Gasteiger partial charge in [-0.2, -0.15) is 0 Å². The second-order valence-corrected chi connectivity index (χ2v) is 6.49. The molecule has 2 rings (SSSR count). The Labute approximate surface area is 124 Å². The molecule has 6 heteroatoms. The molecule has 0 atom stereocenters. The fourth-order valence-corrected chi connectivity index (χ4v) is 3.52. The van der Waals surface area contributed by atoms with E-state index >= 15 is 0 Å². The number of nitrogens with zero attached hydrogens (tertiary/aromatic N) is 1. The Kier molecular flexibility index (Phi) is 5.23. The summed E-state index contributed by atoms with van der Waals surface area (Å²) < 4.78 is 0. The molecule has 1 aromatic heterocycles. The molecule has 0 aromatic carbocycles. The summed E-state index contributed by atoms with van der Waals surface area (Å²) in [5, 5.41) is 6.59. The van der Waals surface area contributed by atoms with Crippen LogP contribution in [0.2, 0.25) is 0 Å². The molecule has 20 heavy (non-hydrogen) atoms. The topological polar surface area (TPSA) is 80.0 Å². The van der Waals surface area contributed by atoms with Crippen LogP contribution < -0.4 is 16.4 Å². The summed E-state index contributed by atoms with van der Waals surface area (Å²) in [6.07, 6.45) is 6.31. The molecular weight excluding hydrogens is 272 g/mol. The highest BCUT2D eigenvalue weighted by molar-refractivity contribution is 7.18. The summed E-state index contributed by atoms with van der Waals surface area (Å²) in [4.78, 5) is 16.7. The molecule has 1 amide bonds. The molecule has 4 N–H and O–H groups in total. The predicted octanol–water partition coefficient (Wildman–Crippen LogP) is 2.71. The quantitative estimate of drug-likeness (QED) is 0.780. The lowest BCUT2D eigenvalue weighted by atomic mass is 9.81. The van der Waals surface area contributed by atoms with Gasteiger partial charge in [-0.15, -0.1) is 0 Å². The van der Waals surface area contributed by atoms with E-state index in [0.29, 0.717) is 21.7 Å². The van der Waals surface area contributed by atoms with Gasteiger partial charge in [0, 0.05) is 13.6 Å². The van der Waals surface area contributed by atoms with Crippen LogP contribution in [0.5, 0.6) is 0 Å². The van der Waals surface area contributed by atoms with Crippen molar-refractivity contribution in [1.29, 1.82) is 0 Å². The Balaban J connectivity index is 1.82. The van der Waals surface area contributed by atoms with Gasteiger partial charge in [-0.05, 0) is 24.7 Å². The summed E-state index contributed by atoms with van der Waals surface area (Å²) in [5.74, 6) is 1.71. The standard InChI is InChI=1S/C14H24N4OS/c1-3-9-4-6-10(7-5-9)8-17-13(19)11-12(15)18-14(16-2)20-11/h9-10H,3-8,15H2,1-2H3,(H,16,18)(H,17,19). The maximum atomic E-state index is 12.1. The van der Waals surface area contributed by atoms with Crippen LogP contribution in [0, 0.1) is 11.8 Å². The third kappa shape index (κ3) is 3.62. The number of hydrogen-bond donors (Lipinski definition) is 3. The van der Waals surface area contributed by atoms with Crippen LogP contribution in [0.3, 0.4) is 0 Å². The van der Waals surface area contributed by atoms with Gasteiger partial charge >= 0.3 is 0 Å². The van der Waals surface area contributed by atoms with Gasteiger partial charge in [-0.25, -0.2) is 4.98 Å². The zero-order valence-electron chi connectivity index (χ0n) is 12.2. The molecule has 1 aliphatic rings. The molecule has 1 saturated carbocycles. The molecule has 0 saturated heterocycles. The van der Waals surface area contributed by atoms with Crippen molar-refractivity contribution in [2.45, 2.75) is 39.0 Å². The molecule has 0 unspecified atom stereocenters. The summed E-state index contributed by atoms with van der Waals surface area (Å²) >= 11 is 1.30. The third-order valence-corrected chi connectivity index (χ3v) is 5.26. The van der Waals surface area contributed by atoms with Crippen LogP contribution >= 0.6 is 11.3 Å². The van der Waals surface area contributed by atoms with Crippen LogP contribution in [0.1, 0.15) is 48.7 Å². The summed E-state index contributed by atoms with van der Waals surface area (Å²) in [6, 6.07) is 0. The number of nitrogen functional groups attached to an aromatic ring is 1. The molecule has 0 radical (unpaired) electrons. The van der Waals surface area contributed by atoms with Gasteiger partial charge in [0.25, 0.3) is 5.91 Å². The van der Waals surface area contributed by atoms with Gasteiger partial charge in [0.1, 0.15) is 10.7 Å². The van der Waals surface area contributed by atoms with Crippen LogP contribution in [-0.2, 0) is 0 Å². The van der Waals surface area contributed by atoms with E-state index in [2.05, 4.69) is 22.5 Å². The van der Waals surface area contributed by atoms with E-state index < -0.39 is 0 Å². The molecule has 1 fully saturated rings. The Morgan fingerprint density at radius 1 is 1.35 bits per heavy atom. The molecule has 0 spiro atoms. The largest absolute Gasteiger partial charge is 0.382 e. The highest BCUT2D eigenvalue weighted by Crippen LogP contribution is 2.30. The lowest BCUT2D eigenvalue weighted by molar-refractivity contribution is 0.0946. The lowest BCUT2D eigenvalue weighted by Gasteiger charge is -2.27. The smallest absolute Gasteiger partial charge is 0.265 e. The fourth-order valence-electron chi connectivity index (χ4n) is 2.76. The van der Waals surface area contributed by atoms with Gasteiger partial charge in [0.15, 0.2) is 5.13 Å². The van der Waals surface area contributed by atoms with Crippen molar-refractivity contribution in [1.82, 2.24) is 10.3 Å². The predicted molar refractivity (Wildman–Crippen MR) is 84.1 cm³/mol. The minimum Gasteiger partial charge on any atom is -0.382 e. The first kappa shape index (κ1) is 15.1. The Hall–Kier alpha value is -1.30. The first-order valence-electron chi connectivity index (χ1n) is 7.36. The molecule has 1 aromatic rings. The van der Waals surface area contributed by atoms with Crippen molar-refractivity contribution in [3.8, 4) is 0 Å². The maximum Gasteiger partial charge on any atom is 0.265 e. The Morgan fingerprint density at radius 2 is 2.00 bits per heavy atom. The van der Waals surface area contributed by atoms with Crippen LogP contribution in [0.15, 0.2) is 0 Å². The minimum absolute atomic E-state index is 0.0980. The summed E-state index contributed by atoms with van der Waals surface area (Å²) in [5.41, 5.74) is 5.76. The first-order valence-corrected chi connectivity index (χ1v) is 8.17. The van der Waals surface area contributed by atoms with Crippen LogP contribution in [-0.4, -0.2) is 24.5 Å². The molecular formula is C14H24N4OS. The van der Waals surface area contributed by atoms with E-state index in [1.807, 2.05) is 0 Å². The number of carbonyl (C=O) groups is 1. The number of thiazole rings is 1. The van der Waals surface area contributed by atoms with Gasteiger partial charge < -0.3 is 16.4 Å². The van der Waals surface area contributed by atoms with Gasteiger partial charge in [0.05, 0.1) is 0 Å². The van der Waals surface area contributed by atoms with E-state index in [-0.39, 0.29) is 5.91 Å². The van der Waals surface area contributed by atoms with E-state index in [1.54, 1.807) is 7.05 Å². The molecule has 5 nitrogen and oxygen atoms in total. The second-order valence-electron chi connectivity index (χ2n) is 5.49. The normalized spacial score (nSPS) is 22.5. The molecule has 0 aliphatic heterocycles. The number of rotatable bonds is 5. The zero-order chi connectivity index (χ0) is 14.5. The number of amides is 1. The number of anilines is 2. The van der Waals surface area contributed by atoms with E-state index in [9.17, 15) is 4.79 Å². The van der Waals surface area contributed by atoms with Gasteiger partial charge in [0.2, 0.25) is 0 Å². The maximum absolute atomic E-state index is 12.1.